The number of nitrogens with one attached hydrogen (secondary N) is 1. The van der Waals surface area contributed by atoms with Crippen molar-refractivity contribution in [3.63, 3.8) is 0 Å². The molecule has 1 unspecified atom stereocenters. The van der Waals surface area contributed by atoms with E-state index in [-0.39, 0.29) is 18.1 Å². The Morgan fingerprint density at radius 1 is 1.53 bits per heavy atom. The standard InChI is InChI=1S/C9H12N4O4/c1-17-4-5(9(15)16)13-8-6(7(10)14)11-2-3-12-8/h2-3,5H,4H2,1H3,(H2,10,14)(H,12,13)(H,15,16). The molecule has 0 saturated heterocycles. The summed E-state index contributed by atoms with van der Waals surface area (Å²) in [6, 6.07) is -1.03. The molecular weight excluding hydrogens is 228 g/mol. The lowest BCUT2D eigenvalue weighted by atomic mass is 10.3. The summed E-state index contributed by atoms with van der Waals surface area (Å²) in [4.78, 5) is 29.4. The quantitative estimate of drug-likeness (QED) is 0.587. The molecule has 1 heterocycles. The van der Waals surface area contributed by atoms with E-state index in [1.165, 1.54) is 19.5 Å². The van der Waals surface area contributed by atoms with Crippen LogP contribution in [0.15, 0.2) is 12.4 Å². The zero-order chi connectivity index (χ0) is 12.8. The van der Waals surface area contributed by atoms with Crippen molar-refractivity contribution in [3.8, 4) is 0 Å². The minimum absolute atomic E-state index is 0.0180. The number of aromatic nitrogens is 2. The number of ether oxygens (including phenoxy) is 1. The number of nitrogens with zero attached hydrogens (tertiary/aromatic N) is 2. The summed E-state index contributed by atoms with van der Waals surface area (Å²) in [5.74, 6) is -1.90. The van der Waals surface area contributed by atoms with Gasteiger partial charge in [0.05, 0.1) is 6.61 Å². The van der Waals surface area contributed by atoms with Gasteiger partial charge in [-0.1, -0.05) is 0 Å². The maximum Gasteiger partial charge on any atom is 0.328 e. The van der Waals surface area contributed by atoms with Crippen LogP contribution in [0, 0.1) is 0 Å². The Morgan fingerprint density at radius 2 is 2.18 bits per heavy atom. The molecule has 92 valence electrons. The third-order valence-electron chi connectivity index (χ3n) is 1.87. The van der Waals surface area contributed by atoms with Gasteiger partial charge in [-0.2, -0.15) is 0 Å². The fraction of sp³-hybridized carbons (Fsp3) is 0.333. The molecule has 1 atom stereocenters. The van der Waals surface area contributed by atoms with Crippen LogP contribution in [0.4, 0.5) is 5.82 Å². The number of aliphatic carboxylic acids is 1. The van der Waals surface area contributed by atoms with Crippen LogP contribution >= 0.6 is 0 Å². The van der Waals surface area contributed by atoms with Crippen molar-refractivity contribution in [2.75, 3.05) is 19.0 Å². The van der Waals surface area contributed by atoms with Crippen LogP contribution in [-0.4, -0.2) is 46.7 Å². The number of nitrogens with two attached hydrogens (primary N) is 1. The van der Waals surface area contributed by atoms with Crippen molar-refractivity contribution in [2.24, 2.45) is 5.73 Å². The Morgan fingerprint density at radius 3 is 2.71 bits per heavy atom. The van der Waals surface area contributed by atoms with Gasteiger partial charge in [0.25, 0.3) is 5.91 Å². The number of methoxy groups -OCH3 is 1. The molecule has 0 fully saturated rings. The summed E-state index contributed by atoms with van der Waals surface area (Å²) in [6.45, 7) is -0.0793. The van der Waals surface area contributed by atoms with Gasteiger partial charge in [-0.25, -0.2) is 14.8 Å². The summed E-state index contributed by atoms with van der Waals surface area (Å²) in [6.07, 6.45) is 2.61. The lowest BCUT2D eigenvalue weighted by Gasteiger charge is -2.14. The van der Waals surface area contributed by atoms with Gasteiger partial charge in [0.15, 0.2) is 11.5 Å². The van der Waals surface area contributed by atoms with Crippen LogP contribution in [-0.2, 0) is 9.53 Å². The molecule has 0 aliphatic carbocycles. The van der Waals surface area contributed by atoms with Crippen molar-refractivity contribution < 1.29 is 19.4 Å². The number of carbonyl (C=O) groups excluding carboxylic acids is 1. The third-order valence-corrected chi connectivity index (χ3v) is 1.87. The van der Waals surface area contributed by atoms with Crippen LogP contribution in [0.2, 0.25) is 0 Å². The summed E-state index contributed by atoms with van der Waals surface area (Å²) in [5.41, 5.74) is 4.96. The highest BCUT2D eigenvalue weighted by Gasteiger charge is 2.20. The molecule has 0 saturated carbocycles. The molecule has 1 aromatic rings. The van der Waals surface area contributed by atoms with Crippen LogP contribution < -0.4 is 11.1 Å². The van der Waals surface area contributed by atoms with E-state index >= 15 is 0 Å². The van der Waals surface area contributed by atoms with E-state index < -0.39 is 17.9 Å². The Hall–Kier alpha value is -2.22. The van der Waals surface area contributed by atoms with E-state index in [9.17, 15) is 9.59 Å². The topological polar surface area (TPSA) is 127 Å². The first kappa shape index (κ1) is 12.8. The van der Waals surface area contributed by atoms with Crippen LogP contribution in [0.3, 0.4) is 0 Å². The van der Waals surface area contributed by atoms with Gasteiger partial charge in [0.1, 0.15) is 6.04 Å². The number of hydrogen-bond acceptors (Lipinski definition) is 6. The molecule has 0 spiro atoms. The van der Waals surface area contributed by atoms with Crippen LogP contribution in [0.5, 0.6) is 0 Å². The molecule has 0 bridgehead atoms. The van der Waals surface area contributed by atoms with E-state index in [2.05, 4.69) is 15.3 Å². The average Bonchev–Trinajstić information content (AvgIpc) is 2.28. The molecule has 4 N–H and O–H groups in total. The van der Waals surface area contributed by atoms with Crippen molar-refractivity contribution in [1.29, 1.82) is 0 Å². The Balaban J connectivity index is 2.92. The van der Waals surface area contributed by atoms with E-state index in [0.717, 1.165) is 0 Å². The summed E-state index contributed by atoms with van der Waals surface area (Å²) >= 11 is 0. The molecule has 0 aliphatic rings. The highest BCUT2D eigenvalue weighted by molar-refractivity contribution is 5.96. The lowest BCUT2D eigenvalue weighted by molar-refractivity contribution is -0.139. The van der Waals surface area contributed by atoms with Gasteiger partial charge in [-0.05, 0) is 0 Å². The van der Waals surface area contributed by atoms with Crippen LogP contribution in [0.25, 0.3) is 0 Å². The zero-order valence-corrected chi connectivity index (χ0v) is 9.08. The monoisotopic (exact) mass is 240 g/mol. The summed E-state index contributed by atoms with van der Waals surface area (Å²) < 4.78 is 4.73. The van der Waals surface area contributed by atoms with Gasteiger partial charge in [-0.15, -0.1) is 0 Å². The van der Waals surface area contributed by atoms with Crippen molar-refractivity contribution in [2.45, 2.75) is 6.04 Å². The molecule has 0 radical (unpaired) electrons. The number of carbonyl (C=O) groups is 2. The number of carboxylic acid groups (broad SMARTS) is 1. The average molecular weight is 240 g/mol. The largest absolute Gasteiger partial charge is 0.480 e. The molecule has 1 amide bonds. The Labute approximate surface area is 96.8 Å². The smallest absolute Gasteiger partial charge is 0.328 e. The number of rotatable bonds is 6. The second-order valence-electron chi connectivity index (χ2n) is 3.11. The molecule has 8 nitrogen and oxygen atoms in total. The summed E-state index contributed by atoms with van der Waals surface area (Å²) in [7, 11) is 1.36. The highest BCUT2D eigenvalue weighted by atomic mass is 16.5. The molecular formula is C9H12N4O4. The fourth-order valence-electron chi connectivity index (χ4n) is 1.13. The van der Waals surface area contributed by atoms with Gasteiger partial charge in [-0.3, -0.25) is 4.79 Å². The third kappa shape index (κ3) is 3.38. The van der Waals surface area contributed by atoms with Crippen LogP contribution in [0.1, 0.15) is 10.5 Å². The van der Waals surface area contributed by atoms with E-state index in [1.807, 2.05) is 0 Å². The van der Waals surface area contributed by atoms with Gasteiger partial charge in [0.2, 0.25) is 0 Å². The summed E-state index contributed by atoms with van der Waals surface area (Å²) in [5, 5.41) is 11.4. The predicted molar refractivity (Wildman–Crippen MR) is 57.5 cm³/mol. The molecule has 0 aliphatic heterocycles. The molecule has 8 heteroatoms. The second-order valence-corrected chi connectivity index (χ2v) is 3.11. The first-order valence-corrected chi connectivity index (χ1v) is 4.65. The number of primary amides is 1. The molecule has 1 aromatic heterocycles. The first-order chi connectivity index (χ1) is 8.06. The molecule has 0 aromatic carbocycles. The van der Waals surface area contributed by atoms with Crippen molar-refractivity contribution in [3.05, 3.63) is 18.1 Å². The Kier molecular flexibility index (Phi) is 4.35. The zero-order valence-electron chi connectivity index (χ0n) is 9.08. The maximum absolute atomic E-state index is 11.0. The second kappa shape index (κ2) is 5.75. The van der Waals surface area contributed by atoms with Gasteiger partial charge < -0.3 is 20.9 Å². The minimum atomic E-state index is -1.13. The number of anilines is 1. The molecule has 1 rings (SSSR count). The first-order valence-electron chi connectivity index (χ1n) is 4.65. The highest BCUT2D eigenvalue weighted by Crippen LogP contribution is 2.09. The normalized spacial score (nSPS) is 11.8. The lowest BCUT2D eigenvalue weighted by Crippen LogP contribution is -2.35. The van der Waals surface area contributed by atoms with Crippen molar-refractivity contribution >= 4 is 17.7 Å². The predicted octanol–water partition coefficient (Wildman–Crippen LogP) is -0.913. The number of carboxylic acids is 1. The number of hydrogen-bond donors (Lipinski definition) is 3. The van der Waals surface area contributed by atoms with E-state index in [4.69, 9.17) is 15.6 Å². The number of amides is 1. The SMILES string of the molecule is COCC(Nc1nccnc1C(N)=O)C(=O)O. The van der Waals surface area contributed by atoms with Gasteiger partial charge in [0, 0.05) is 19.5 Å². The van der Waals surface area contributed by atoms with Crippen molar-refractivity contribution in [1.82, 2.24) is 9.97 Å². The maximum atomic E-state index is 11.0. The fourth-order valence-corrected chi connectivity index (χ4v) is 1.13. The van der Waals surface area contributed by atoms with E-state index in [1.54, 1.807) is 0 Å². The molecule has 17 heavy (non-hydrogen) atoms. The minimum Gasteiger partial charge on any atom is -0.480 e. The van der Waals surface area contributed by atoms with Gasteiger partial charge >= 0.3 is 5.97 Å². The Bertz CT molecular complexity index is 423. The van der Waals surface area contributed by atoms with E-state index in [0.29, 0.717) is 0 Å².